The van der Waals surface area contributed by atoms with Crippen molar-refractivity contribution in [1.29, 1.82) is 0 Å². The molecule has 1 fully saturated rings. The number of thiophene rings is 1. The molecule has 0 radical (unpaired) electrons. The zero-order valence-electron chi connectivity index (χ0n) is 10.3. The molecule has 1 aromatic heterocycles. The Morgan fingerprint density at radius 3 is 3.28 bits per heavy atom. The topological polar surface area (TPSA) is 50.4 Å². The van der Waals surface area contributed by atoms with Crippen molar-refractivity contribution in [1.82, 2.24) is 10.6 Å². The number of fused-ring (bicyclic) bond motifs is 1. The highest BCUT2D eigenvalue weighted by Crippen LogP contribution is 2.30. The van der Waals surface area contributed by atoms with Gasteiger partial charge in [-0.3, -0.25) is 4.79 Å². The molecular weight excluding hydrogens is 248 g/mol. The summed E-state index contributed by atoms with van der Waals surface area (Å²) in [5, 5.41) is 6.13. The van der Waals surface area contributed by atoms with Crippen molar-refractivity contribution in [3.63, 3.8) is 0 Å². The lowest BCUT2D eigenvalue weighted by Gasteiger charge is -2.22. The first-order chi connectivity index (χ1) is 8.83. The van der Waals surface area contributed by atoms with Gasteiger partial charge in [0.2, 0.25) is 0 Å². The standard InChI is InChI=1S/C13H18N2O2S/c16-13(11-8-14-4-5-17-11)15-7-10-6-9-2-1-3-12(9)18-10/h6,11,14H,1-5,7-8H2,(H,15,16). The number of hydrogen-bond donors (Lipinski definition) is 2. The highest BCUT2D eigenvalue weighted by atomic mass is 32.1. The summed E-state index contributed by atoms with van der Waals surface area (Å²) < 4.78 is 5.42. The molecule has 1 aliphatic carbocycles. The molecule has 0 spiro atoms. The minimum absolute atomic E-state index is 0.00393. The lowest BCUT2D eigenvalue weighted by atomic mass is 10.2. The van der Waals surface area contributed by atoms with Crippen molar-refractivity contribution in [3.05, 3.63) is 21.4 Å². The zero-order chi connectivity index (χ0) is 12.4. The number of carbonyl (C=O) groups excluding carboxylic acids is 1. The maximum absolute atomic E-state index is 11.9. The van der Waals surface area contributed by atoms with Crippen molar-refractivity contribution >= 4 is 17.2 Å². The number of ether oxygens (including phenoxy) is 1. The summed E-state index contributed by atoms with van der Waals surface area (Å²) in [6.07, 6.45) is 3.37. The van der Waals surface area contributed by atoms with E-state index in [1.807, 2.05) is 11.3 Å². The van der Waals surface area contributed by atoms with Crippen LogP contribution in [-0.4, -0.2) is 31.7 Å². The SMILES string of the molecule is O=C(NCc1cc2c(s1)CCC2)C1CNCCO1. The van der Waals surface area contributed by atoms with E-state index in [1.165, 1.54) is 34.6 Å². The number of amides is 1. The van der Waals surface area contributed by atoms with Crippen LogP contribution < -0.4 is 10.6 Å². The van der Waals surface area contributed by atoms with E-state index in [9.17, 15) is 4.79 Å². The van der Waals surface area contributed by atoms with Crippen LogP contribution in [0, 0.1) is 0 Å². The van der Waals surface area contributed by atoms with E-state index in [-0.39, 0.29) is 12.0 Å². The molecule has 2 aliphatic rings. The van der Waals surface area contributed by atoms with Crippen LogP contribution in [0.15, 0.2) is 6.07 Å². The molecule has 4 nitrogen and oxygen atoms in total. The summed E-state index contributed by atoms with van der Waals surface area (Å²) in [4.78, 5) is 14.6. The van der Waals surface area contributed by atoms with Gasteiger partial charge in [0, 0.05) is 22.8 Å². The Labute approximate surface area is 111 Å². The molecule has 1 amide bonds. The molecular formula is C13H18N2O2S. The van der Waals surface area contributed by atoms with E-state index >= 15 is 0 Å². The predicted octanol–water partition coefficient (Wildman–Crippen LogP) is 0.841. The van der Waals surface area contributed by atoms with Gasteiger partial charge in [-0.15, -0.1) is 11.3 Å². The Hall–Kier alpha value is -0.910. The largest absolute Gasteiger partial charge is 0.366 e. The van der Waals surface area contributed by atoms with Crippen molar-refractivity contribution in [3.8, 4) is 0 Å². The Morgan fingerprint density at radius 2 is 2.50 bits per heavy atom. The summed E-state index contributed by atoms with van der Waals surface area (Å²) in [6, 6.07) is 2.24. The Balaban J connectivity index is 1.52. The molecule has 1 aromatic rings. The molecule has 1 atom stereocenters. The number of nitrogens with one attached hydrogen (secondary N) is 2. The molecule has 0 bridgehead atoms. The first-order valence-electron chi connectivity index (χ1n) is 6.53. The normalized spacial score (nSPS) is 22.8. The molecule has 98 valence electrons. The van der Waals surface area contributed by atoms with Crippen molar-refractivity contribution < 1.29 is 9.53 Å². The Bertz CT molecular complexity index is 417. The van der Waals surface area contributed by atoms with Gasteiger partial charge < -0.3 is 15.4 Å². The quantitative estimate of drug-likeness (QED) is 0.852. The third-order valence-electron chi connectivity index (χ3n) is 3.45. The number of carbonyl (C=O) groups is 1. The lowest BCUT2D eigenvalue weighted by molar-refractivity contribution is -0.134. The van der Waals surface area contributed by atoms with Crippen LogP contribution in [0.4, 0.5) is 0 Å². The Morgan fingerprint density at radius 1 is 1.56 bits per heavy atom. The van der Waals surface area contributed by atoms with Gasteiger partial charge in [0.1, 0.15) is 6.10 Å². The monoisotopic (exact) mass is 266 g/mol. The van der Waals surface area contributed by atoms with Crippen LogP contribution in [0.1, 0.15) is 21.7 Å². The van der Waals surface area contributed by atoms with E-state index in [0.29, 0.717) is 19.7 Å². The fourth-order valence-corrected chi connectivity index (χ4v) is 3.70. The number of aryl methyl sites for hydroxylation is 2. The molecule has 1 unspecified atom stereocenters. The molecule has 18 heavy (non-hydrogen) atoms. The fraction of sp³-hybridized carbons (Fsp3) is 0.615. The smallest absolute Gasteiger partial charge is 0.250 e. The van der Waals surface area contributed by atoms with Gasteiger partial charge in [-0.05, 0) is 30.9 Å². The molecule has 2 heterocycles. The molecule has 1 aliphatic heterocycles. The van der Waals surface area contributed by atoms with Gasteiger partial charge >= 0.3 is 0 Å². The van der Waals surface area contributed by atoms with E-state index in [2.05, 4.69) is 16.7 Å². The average Bonchev–Trinajstić information content (AvgIpc) is 2.97. The molecule has 0 saturated carbocycles. The third kappa shape index (κ3) is 2.58. The zero-order valence-corrected chi connectivity index (χ0v) is 11.1. The highest BCUT2D eigenvalue weighted by molar-refractivity contribution is 7.12. The number of rotatable bonds is 3. The van der Waals surface area contributed by atoms with Crippen LogP contribution in [-0.2, 0) is 28.9 Å². The maximum Gasteiger partial charge on any atom is 0.250 e. The van der Waals surface area contributed by atoms with Crippen molar-refractivity contribution in [2.45, 2.75) is 31.9 Å². The van der Waals surface area contributed by atoms with E-state index < -0.39 is 0 Å². The van der Waals surface area contributed by atoms with E-state index in [0.717, 1.165) is 6.54 Å². The second-order valence-electron chi connectivity index (χ2n) is 4.80. The van der Waals surface area contributed by atoms with Crippen molar-refractivity contribution in [2.24, 2.45) is 0 Å². The molecule has 2 N–H and O–H groups in total. The van der Waals surface area contributed by atoms with Gasteiger partial charge in [-0.2, -0.15) is 0 Å². The fourth-order valence-electron chi connectivity index (χ4n) is 2.50. The maximum atomic E-state index is 11.9. The summed E-state index contributed by atoms with van der Waals surface area (Å²) >= 11 is 1.84. The van der Waals surface area contributed by atoms with E-state index in [1.54, 1.807) is 0 Å². The predicted molar refractivity (Wildman–Crippen MR) is 70.8 cm³/mol. The second-order valence-corrected chi connectivity index (χ2v) is 6.02. The van der Waals surface area contributed by atoms with Crippen LogP contribution in [0.2, 0.25) is 0 Å². The number of morpholine rings is 1. The first kappa shape index (κ1) is 12.1. The molecule has 0 aromatic carbocycles. The van der Waals surface area contributed by atoms with Crippen LogP contribution >= 0.6 is 11.3 Å². The second kappa shape index (κ2) is 5.38. The van der Waals surface area contributed by atoms with Gasteiger partial charge in [-0.25, -0.2) is 0 Å². The third-order valence-corrected chi connectivity index (χ3v) is 4.69. The summed E-state index contributed by atoms with van der Waals surface area (Å²) in [5.74, 6) is -0.00393. The average molecular weight is 266 g/mol. The van der Waals surface area contributed by atoms with Crippen LogP contribution in [0.5, 0.6) is 0 Å². The van der Waals surface area contributed by atoms with Gasteiger partial charge in [0.05, 0.1) is 13.2 Å². The first-order valence-corrected chi connectivity index (χ1v) is 7.35. The van der Waals surface area contributed by atoms with E-state index in [4.69, 9.17) is 4.74 Å². The minimum Gasteiger partial charge on any atom is -0.366 e. The Kier molecular flexibility index (Phi) is 3.63. The molecule has 1 saturated heterocycles. The number of hydrogen-bond acceptors (Lipinski definition) is 4. The molecule has 3 rings (SSSR count). The van der Waals surface area contributed by atoms with Gasteiger partial charge in [-0.1, -0.05) is 0 Å². The van der Waals surface area contributed by atoms with Gasteiger partial charge in [0.25, 0.3) is 5.91 Å². The summed E-state index contributed by atoms with van der Waals surface area (Å²) in [5.41, 5.74) is 1.49. The lowest BCUT2D eigenvalue weighted by Crippen LogP contribution is -2.47. The van der Waals surface area contributed by atoms with Crippen LogP contribution in [0.3, 0.4) is 0 Å². The van der Waals surface area contributed by atoms with Crippen molar-refractivity contribution in [2.75, 3.05) is 19.7 Å². The summed E-state index contributed by atoms with van der Waals surface area (Å²) in [6.45, 7) is 2.70. The van der Waals surface area contributed by atoms with Crippen LogP contribution in [0.25, 0.3) is 0 Å². The highest BCUT2D eigenvalue weighted by Gasteiger charge is 2.22. The summed E-state index contributed by atoms with van der Waals surface area (Å²) in [7, 11) is 0. The minimum atomic E-state index is -0.328. The van der Waals surface area contributed by atoms with Gasteiger partial charge in [0.15, 0.2) is 0 Å². The molecule has 5 heteroatoms.